The maximum atomic E-state index is 10.2. The highest BCUT2D eigenvalue weighted by Crippen LogP contribution is 2.17. The number of rotatable bonds is 6. The summed E-state index contributed by atoms with van der Waals surface area (Å²) in [5.41, 5.74) is 5.89. The second-order valence-electron chi connectivity index (χ2n) is 4.06. The van der Waals surface area contributed by atoms with Gasteiger partial charge in [0.05, 0.1) is 11.8 Å². The summed E-state index contributed by atoms with van der Waals surface area (Å²) in [5.74, 6) is 0. The van der Waals surface area contributed by atoms with Gasteiger partial charge in [-0.05, 0) is 18.9 Å². The topological polar surface area (TPSA) is 64.1 Å². The van der Waals surface area contributed by atoms with Gasteiger partial charge in [0.1, 0.15) is 0 Å². The Morgan fingerprint density at radius 2 is 2.27 bits per heavy atom. The molecule has 0 saturated carbocycles. The Bertz CT molecular complexity index is 298. The molecule has 0 aliphatic rings. The number of aliphatic hydroxyl groups is 1. The van der Waals surface area contributed by atoms with E-state index in [1.165, 1.54) is 0 Å². The van der Waals surface area contributed by atoms with Crippen LogP contribution in [-0.2, 0) is 13.0 Å². The van der Waals surface area contributed by atoms with Crippen molar-refractivity contribution in [1.29, 1.82) is 0 Å². The molecule has 86 valence electrons. The molecule has 0 saturated heterocycles. The Balaban J connectivity index is 2.65. The monoisotopic (exact) mass is 211 g/mol. The highest BCUT2D eigenvalue weighted by Gasteiger charge is 2.24. The number of nitrogens with two attached hydrogens (primary N) is 1. The van der Waals surface area contributed by atoms with Crippen molar-refractivity contribution < 1.29 is 5.11 Å². The lowest BCUT2D eigenvalue weighted by molar-refractivity contribution is 0.0399. The molecule has 1 aromatic heterocycles. The fourth-order valence-electron chi connectivity index (χ4n) is 1.78. The molecule has 0 spiro atoms. The van der Waals surface area contributed by atoms with E-state index in [1.807, 2.05) is 17.8 Å². The van der Waals surface area contributed by atoms with Gasteiger partial charge in [0.2, 0.25) is 0 Å². The van der Waals surface area contributed by atoms with E-state index in [0.29, 0.717) is 13.0 Å². The van der Waals surface area contributed by atoms with Crippen molar-refractivity contribution in [2.24, 2.45) is 5.73 Å². The zero-order valence-corrected chi connectivity index (χ0v) is 9.61. The lowest BCUT2D eigenvalue weighted by atomic mass is 9.91. The summed E-state index contributed by atoms with van der Waals surface area (Å²) in [6, 6.07) is 0. The summed E-state index contributed by atoms with van der Waals surface area (Å²) >= 11 is 0. The molecule has 0 bridgehead atoms. The Labute approximate surface area is 91.1 Å². The van der Waals surface area contributed by atoms with E-state index in [9.17, 15) is 5.11 Å². The van der Waals surface area contributed by atoms with Gasteiger partial charge in [-0.3, -0.25) is 4.68 Å². The summed E-state index contributed by atoms with van der Waals surface area (Å²) in [7, 11) is 0. The highest BCUT2D eigenvalue weighted by molar-refractivity contribution is 5.08. The number of aryl methyl sites for hydroxylation is 1. The average molecular weight is 211 g/mol. The summed E-state index contributed by atoms with van der Waals surface area (Å²) in [5, 5.41) is 14.4. The zero-order chi connectivity index (χ0) is 11.3. The first-order chi connectivity index (χ1) is 7.13. The molecule has 1 heterocycles. The maximum Gasteiger partial charge on any atom is 0.0810 e. The van der Waals surface area contributed by atoms with Gasteiger partial charge in [-0.1, -0.05) is 13.3 Å². The predicted molar refractivity (Wildman–Crippen MR) is 60.5 cm³/mol. The van der Waals surface area contributed by atoms with Crippen LogP contribution < -0.4 is 5.73 Å². The van der Waals surface area contributed by atoms with E-state index < -0.39 is 5.60 Å². The molecule has 1 aromatic rings. The van der Waals surface area contributed by atoms with E-state index in [0.717, 1.165) is 24.9 Å². The molecular weight excluding hydrogens is 190 g/mol. The number of aromatic nitrogens is 2. The molecule has 0 aromatic carbocycles. The summed E-state index contributed by atoms with van der Waals surface area (Å²) in [4.78, 5) is 0. The molecule has 4 heteroatoms. The van der Waals surface area contributed by atoms with Crippen molar-refractivity contribution in [2.75, 3.05) is 6.54 Å². The minimum atomic E-state index is -0.768. The van der Waals surface area contributed by atoms with E-state index >= 15 is 0 Å². The highest BCUT2D eigenvalue weighted by atomic mass is 16.3. The maximum absolute atomic E-state index is 10.2. The third kappa shape index (κ3) is 3.32. The Hall–Kier alpha value is -0.870. The van der Waals surface area contributed by atoms with Crippen LogP contribution in [0.15, 0.2) is 12.4 Å². The van der Waals surface area contributed by atoms with Crippen molar-refractivity contribution in [2.45, 2.75) is 45.3 Å². The molecule has 1 unspecified atom stereocenters. The lowest BCUT2D eigenvalue weighted by Gasteiger charge is -2.25. The van der Waals surface area contributed by atoms with Crippen LogP contribution in [0.25, 0.3) is 0 Å². The Morgan fingerprint density at radius 1 is 1.53 bits per heavy atom. The molecule has 0 fully saturated rings. The molecule has 0 amide bonds. The van der Waals surface area contributed by atoms with E-state index in [1.54, 1.807) is 6.20 Å². The summed E-state index contributed by atoms with van der Waals surface area (Å²) in [6.45, 7) is 5.25. The van der Waals surface area contributed by atoms with Crippen molar-refractivity contribution in [3.8, 4) is 0 Å². The van der Waals surface area contributed by atoms with E-state index in [-0.39, 0.29) is 0 Å². The lowest BCUT2D eigenvalue weighted by Crippen LogP contribution is -2.39. The number of hydrogen-bond acceptors (Lipinski definition) is 3. The van der Waals surface area contributed by atoms with Gasteiger partial charge in [-0.25, -0.2) is 0 Å². The van der Waals surface area contributed by atoms with Crippen LogP contribution in [0.4, 0.5) is 0 Å². The van der Waals surface area contributed by atoms with E-state index in [2.05, 4.69) is 12.0 Å². The fraction of sp³-hybridized carbons (Fsp3) is 0.727. The van der Waals surface area contributed by atoms with Crippen LogP contribution in [0.3, 0.4) is 0 Å². The van der Waals surface area contributed by atoms with Gasteiger partial charge in [-0.15, -0.1) is 0 Å². The largest absolute Gasteiger partial charge is 0.388 e. The first kappa shape index (κ1) is 12.2. The van der Waals surface area contributed by atoms with Crippen molar-refractivity contribution >= 4 is 0 Å². The molecule has 0 aliphatic heterocycles. The standard InChI is InChI=1S/C11H21N3O/c1-3-5-11(15,9-12)6-10-7-13-14(4-2)8-10/h7-8,15H,3-6,9,12H2,1-2H3. The van der Waals surface area contributed by atoms with Crippen LogP contribution in [0.5, 0.6) is 0 Å². The van der Waals surface area contributed by atoms with Gasteiger partial charge in [0.15, 0.2) is 0 Å². The molecule has 0 radical (unpaired) electrons. The minimum Gasteiger partial charge on any atom is -0.388 e. The molecule has 1 atom stereocenters. The van der Waals surface area contributed by atoms with Gasteiger partial charge in [0.25, 0.3) is 0 Å². The van der Waals surface area contributed by atoms with Crippen molar-refractivity contribution in [3.63, 3.8) is 0 Å². The Morgan fingerprint density at radius 3 is 2.73 bits per heavy atom. The molecule has 0 aliphatic carbocycles. The zero-order valence-electron chi connectivity index (χ0n) is 9.61. The second-order valence-corrected chi connectivity index (χ2v) is 4.06. The van der Waals surface area contributed by atoms with Gasteiger partial charge >= 0.3 is 0 Å². The molecule has 15 heavy (non-hydrogen) atoms. The first-order valence-corrected chi connectivity index (χ1v) is 5.57. The average Bonchev–Trinajstić information content (AvgIpc) is 2.66. The first-order valence-electron chi connectivity index (χ1n) is 5.57. The number of hydrogen-bond donors (Lipinski definition) is 2. The summed E-state index contributed by atoms with van der Waals surface area (Å²) in [6.07, 6.45) is 6.05. The third-order valence-corrected chi connectivity index (χ3v) is 2.64. The SMILES string of the molecule is CCCC(O)(CN)Cc1cnn(CC)c1. The van der Waals surface area contributed by atoms with Crippen LogP contribution in [0, 0.1) is 0 Å². The second kappa shape index (κ2) is 5.28. The fourth-order valence-corrected chi connectivity index (χ4v) is 1.78. The van der Waals surface area contributed by atoms with E-state index in [4.69, 9.17) is 5.73 Å². The van der Waals surface area contributed by atoms with Crippen LogP contribution in [-0.4, -0.2) is 27.0 Å². The smallest absolute Gasteiger partial charge is 0.0810 e. The quantitative estimate of drug-likeness (QED) is 0.736. The van der Waals surface area contributed by atoms with Crippen LogP contribution in [0.1, 0.15) is 32.3 Å². The van der Waals surface area contributed by atoms with Crippen LogP contribution in [0.2, 0.25) is 0 Å². The Kier molecular flexibility index (Phi) is 4.29. The van der Waals surface area contributed by atoms with Gasteiger partial charge < -0.3 is 10.8 Å². The molecular formula is C11H21N3O. The van der Waals surface area contributed by atoms with Crippen molar-refractivity contribution in [1.82, 2.24) is 9.78 Å². The molecule has 4 nitrogen and oxygen atoms in total. The number of nitrogens with zero attached hydrogens (tertiary/aromatic N) is 2. The predicted octanol–water partition coefficient (Wildman–Crippen LogP) is 0.935. The molecule has 1 rings (SSSR count). The normalized spacial score (nSPS) is 15.2. The molecule has 3 N–H and O–H groups in total. The van der Waals surface area contributed by atoms with Crippen molar-refractivity contribution in [3.05, 3.63) is 18.0 Å². The third-order valence-electron chi connectivity index (χ3n) is 2.64. The van der Waals surface area contributed by atoms with Crippen LogP contribution >= 0.6 is 0 Å². The van der Waals surface area contributed by atoms with Gasteiger partial charge in [-0.2, -0.15) is 5.10 Å². The van der Waals surface area contributed by atoms with Gasteiger partial charge in [0, 0.05) is 25.7 Å². The minimum absolute atomic E-state index is 0.304. The summed E-state index contributed by atoms with van der Waals surface area (Å²) < 4.78 is 1.86.